The third-order valence-electron chi connectivity index (χ3n) is 4.84. The number of hydrogen-bond acceptors (Lipinski definition) is 5. The molecule has 2 rings (SSSR count). The topological polar surface area (TPSA) is 67.4 Å². The maximum Gasteiger partial charge on any atom is 0.191 e. The van der Waals surface area contributed by atoms with E-state index in [0.29, 0.717) is 12.6 Å². The van der Waals surface area contributed by atoms with E-state index in [0.717, 1.165) is 69.5 Å². The average molecular weight is 520 g/mol. The van der Waals surface area contributed by atoms with E-state index in [9.17, 15) is 0 Å². The summed E-state index contributed by atoms with van der Waals surface area (Å²) in [5.74, 6) is 2.50. The molecular formula is C21H37IN4O3. The number of unbranched alkanes of at least 4 members (excludes halogenated alkanes) is 1. The number of benzene rings is 1. The first kappa shape index (κ1) is 25.8. The van der Waals surface area contributed by atoms with Gasteiger partial charge >= 0.3 is 0 Å². The fraction of sp³-hybridized carbons (Fsp3) is 0.667. The Morgan fingerprint density at radius 2 is 1.90 bits per heavy atom. The van der Waals surface area contributed by atoms with E-state index in [1.165, 1.54) is 5.56 Å². The van der Waals surface area contributed by atoms with Crippen molar-refractivity contribution in [2.45, 2.75) is 38.8 Å². The van der Waals surface area contributed by atoms with Gasteiger partial charge in [-0.05, 0) is 30.5 Å². The number of likely N-dealkylation sites (tertiary alicyclic amines) is 1. The molecule has 1 unspecified atom stereocenters. The van der Waals surface area contributed by atoms with Crippen molar-refractivity contribution in [3.63, 3.8) is 0 Å². The summed E-state index contributed by atoms with van der Waals surface area (Å²) in [6, 6.07) is 6.43. The van der Waals surface area contributed by atoms with Gasteiger partial charge in [0.2, 0.25) is 0 Å². The Bertz CT molecular complexity index is 593. The highest BCUT2D eigenvalue weighted by Crippen LogP contribution is 2.24. The van der Waals surface area contributed by atoms with E-state index in [2.05, 4.69) is 39.6 Å². The summed E-state index contributed by atoms with van der Waals surface area (Å²) < 4.78 is 16.3. The van der Waals surface area contributed by atoms with Crippen molar-refractivity contribution in [3.05, 3.63) is 23.8 Å². The Hall–Kier alpha value is -1.26. The fourth-order valence-corrected chi connectivity index (χ4v) is 3.29. The minimum atomic E-state index is 0. The highest BCUT2D eigenvalue weighted by molar-refractivity contribution is 14.0. The number of nitrogens with one attached hydrogen (secondary N) is 2. The molecule has 0 bridgehead atoms. The van der Waals surface area contributed by atoms with Crippen LogP contribution in [0.4, 0.5) is 0 Å². The van der Waals surface area contributed by atoms with Gasteiger partial charge in [-0.15, -0.1) is 24.0 Å². The summed E-state index contributed by atoms with van der Waals surface area (Å²) in [5.41, 5.74) is 1.20. The average Bonchev–Trinajstić information content (AvgIpc) is 3.15. The normalized spacial score (nSPS) is 17.0. The predicted molar refractivity (Wildman–Crippen MR) is 129 cm³/mol. The molecule has 0 spiro atoms. The van der Waals surface area contributed by atoms with Crippen LogP contribution >= 0.6 is 24.0 Å². The zero-order valence-corrected chi connectivity index (χ0v) is 20.5. The van der Waals surface area contributed by atoms with Gasteiger partial charge in [-0.25, -0.2) is 0 Å². The van der Waals surface area contributed by atoms with Crippen LogP contribution in [0.25, 0.3) is 0 Å². The smallest absolute Gasteiger partial charge is 0.191 e. The van der Waals surface area contributed by atoms with Gasteiger partial charge in [-0.2, -0.15) is 0 Å². The number of guanidine groups is 1. The van der Waals surface area contributed by atoms with Gasteiger partial charge in [0.15, 0.2) is 5.96 Å². The van der Waals surface area contributed by atoms with Gasteiger partial charge < -0.3 is 24.8 Å². The molecule has 1 aliphatic rings. The SMILES string of the molecule is CCCCOCCNC(=NC)NC1CCN(Cc2cc(OC)cc(OC)c2)C1.I. The molecule has 1 aromatic carbocycles. The molecule has 2 N–H and O–H groups in total. The maximum atomic E-state index is 5.59. The van der Waals surface area contributed by atoms with Gasteiger partial charge in [0.25, 0.3) is 0 Å². The van der Waals surface area contributed by atoms with Crippen LogP contribution in [0, 0.1) is 0 Å². The Labute approximate surface area is 192 Å². The third kappa shape index (κ3) is 9.39. The van der Waals surface area contributed by atoms with Crippen molar-refractivity contribution < 1.29 is 14.2 Å². The summed E-state index contributed by atoms with van der Waals surface area (Å²) in [4.78, 5) is 6.76. The van der Waals surface area contributed by atoms with Crippen LogP contribution in [-0.4, -0.2) is 71.0 Å². The fourth-order valence-electron chi connectivity index (χ4n) is 3.29. The van der Waals surface area contributed by atoms with E-state index in [4.69, 9.17) is 14.2 Å². The Morgan fingerprint density at radius 3 is 2.52 bits per heavy atom. The second-order valence-electron chi connectivity index (χ2n) is 7.05. The molecule has 0 saturated carbocycles. The first-order valence-electron chi connectivity index (χ1n) is 10.2. The van der Waals surface area contributed by atoms with Gasteiger partial charge in [0.05, 0.1) is 20.8 Å². The van der Waals surface area contributed by atoms with Crippen LogP contribution in [0.2, 0.25) is 0 Å². The maximum absolute atomic E-state index is 5.59. The molecule has 0 aromatic heterocycles. The van der Waals surface area contributed by atoms with Crippen LogP contribution in [0.5, 0.6) is 11.5 Å². The lowest BCUT2D eigenvalue weighted by Crippen LogP contribution is -2.45. The quantitative estimate of drug-likeness (QED) is 0.203. The van der Waals surface area contributed by atoms with Crippen molar-refractivity contribution in [1.29, 1.82) is 0 Å². The van der Waals surface area contributed by atoms with Crippen LogP contribution in [0.15, 0.2) is 23.2 Å². The molecule has 1 aliphatic heterocycles. The van der Waals surface area contributed by atoms with E-state index in [1.54, 1.807) is 14.2 Å². The molecule has 7 nitrogen and oxygen atoms in total. The molecule has 1 aromatic rings. The highest BCUT2D eigenvalue weighted by Gasteiger charge is 2.23. The summed E-state index contributed by atoms with van der Waals surface area (Å²) in [6.45, 7) is 7.38. The number of rotatable bonds is 11. The largest absolute Gasteiger partial charge is 0.497 e. The van der Waals surface area contributed by atoms with Crippen molar-refractivity contribution in [2.24, 2.45) is 4.99 Å². The molecule has 0 amide bonds. The lowest BCUT2D eigenvalue weighted by atomic mass is 10.2. The number of aliphatic imine (C=N–C) groups is 1. The van der Waals surface area contributed by atoms with Crippen LogP contribution in [0.1, 0.15) is 31.7 Å². The van der Waals surface area contributed by atoms with Crippen molar-refractivity contribution >= 4 is 29.9 Å². The minimum absolute atomic E-state index is 0. The predicted octanol–water partition coefficient (Wildman–Crippen LogP) is 2.88. The lowest BCUT2D eigenvalue weighted by Gasteiger charge is -2.19. The second-order valence-corrected chi connectivity index (χ2v) is 7.05. The Balaban J connectivity index is 0.00000420. The molecular weight excluding hydrogens is 483 g/mol. The summed E-state index contributed by atoms with van der Waals surface area (Å²) in [7, 11) is 5.17. The first-order chi connectivity index (χ1) is 13.7. The Morgan fingerprint density at radius 1 is 1.17 bits per heavy atom. The van der Waals surface area contributed by atoms with E-state index < -0.39 is 0 Å². The third-order valence-corrected chi connectivity index (χ3v) is 4.84. The molecule has 8 heteroatoms. The molecule has 1 atom stereocenters. The summed E-state index contributed by atoms with van der Waals surface area (Å²) >= 11 is 0. The lowest BCUT2D eigenvalue weighted by molar-refractivity contribution is 0.136. The zero-order chi connectivity index (χ0) is 20.2. The Kier molecular flexibility index (Phi) is 13.0. The molecule has 1 saturated heterocycles. The van der Waals surface area contributed by atoms with Gasteiger partial charge in [-0.3, -0.25) is 9.89 Å². The van der Waals surface area contributed by atoms with Crippen LogP contribution in [0.3, 0.4) is 0 Å². The monoisotopic (exact) mass is 520 g/mol. The van der Waals surface area contributed by atoms with Gasteiger partial charge in [-0.1, -0.05) is 13.3 Å². The first-order valence-corrected chi connectivity index (χ1v) is 10.2. The van der Waals surface area contributed by atoms with Crippen LogP contribution in [-0.2, 0) is 11.3 Å². The van der Waals surface area contributed by atoms with E-state index in [1.807, 2.05) is 13.1 Å². The number of ether oxygens (including phenoxy) is 3. The van der Waals surface area contributed by atoms with E-state index >= 15 is 0 Å². The second kappa shape index (κ2) is 14.7. The van der Waals surface area contributed by atoms with Crippen molar-refractivity contribution in [3.8, 4) is 11.5 Å². The van der Waals surface area contributed by atoms with Gasteiger partial charge in [0, 0.05) is 51.9 Å². The number of nitrogens with zero attached hydrogens (tertiary/aromatic N) is 2. The van der Waals surface area contributed by atoms with E-state index in [-0.39, 0.29) is 24.0 Å². The molecule has 1 heterocycles. The molecule has 1 fully saturated rings. The zero-order valence-electron chi connectivity index (χ0n) is 18.2. The number of halogens is 1. The molecule has 166 valence electrons. The molecule has 0 radical (unpaired) electrons. The summed E-state index contributed by atoms with van der Waals surface area (Å²) in [6.07, 6.45) is 3.37. The standard InChI is InChI=1S/C21H36N4O3.HI/c1-5-6-10-28-11-8-23-21(22-2)24-18-7-9-25(16-18)15-17-12-19(26-3)14-20(13-17)27-4;/h12-14,18H,5-11,15-16H2,1-4H3,(H2,22,23,24);1H. The summed E-state index contributed by atoms with van der Waals surface area (Å²) in [5, 5.41) is 6.85. The van der Waals surface area contributed by atoms with Crippen LogP contribution < -0.4 is 20.1 Å². The molecule has 29 heavy (non-hydrogen) atoms. The van der Waals surface area contributed by atoms with Gasteiger partial charge in [0.1, 0.15) is 11.5 Å². The highest BCUT2D eigenvalue weighted by atomic mass is 127. The number of methoxy groups -OCH3 is 2. The molecule has 0 aliphatic carbocycles. The van der Waals surface area contributed by atoms with Crippen molar-refractivity contribution in [1.82, 2.24) is 15.5 Å². The number of hydrogen-bond donors (Lipinski definition) is 2. The van der Waals surface area contributed by atoms with Crippen molar-refractivity contribution in [2.75, 3.05) is 54.1 Å². The minimum Gasteiger partial charge on any atom is -0.497 e.